The molecule has 0 fully saturated rings. The van der Waals surface area contributed by atoms with Crippen molar-refractivity contribution < 1.29 is 9.59 Å². The van der Waals surface area contributed by atoms with E-state index in [2.05, 4.69) is 36.4 Å². The second-order valence-electron chi connectivity index (χ2n) is 8.78. The van der Waals surface area contributed by atoms with E-state index >= 15 is 0 Å². The van der Waals surface area contributed by atoms with Crippen LogP contribution in [-0.4, -0.2) is 27.9 Å². The highest BCUT2D eigenvalue weighted by atomic mass is 35.5. The number of benzene rings is 2. The van der Waals surface area contributed by atoms with Gasteiger partial charge in [-0.15, -0.1) is 0 Å². The van der Waals surface area contributed by atoms with E-state index in [-0.39, 0.29) is 30.2 Å². The van der Waals surface area contributed by atoms with E-state index in [1.54, 1.807) is 18.3 Å². The monoisotopic (exact) mass is 452 g/mol. The van der Waals surface area contributed by atoms with Gasteiger partial charge in [0.1, 0.15) is 11.9 Å². The van der Waals surface area contributed by atoms with Crippen molar-refractivity contribution in [3.8, 4) is 0 Å². The lowest BCUT2D eigenvalue weighted by Crippen LogP contribution is -2.34. The van der Waals surface area contributed by atoms with Crippen LogP contribution in [0.5, 0.6) is 0 Å². The van der Waals surface area contributed by atoms with Gasteiger partial charge in [-0.05, 0) is 40.8 Å². The summed E-state index contributed by atoms with van der Waals surface area (Å²) in [6.07, 6.45) is 3.67. The molecule has 3 aromatic rings. The minimum Gasteiger partial charge on any atom is -0.352 e. The highest BCUT2D eigenvalue weighted by molar-refractivity contribution is 6.30. The number of hydrogen-bond acceptors (Lipinski definition) is 3. The van der Waals surface area contributed by atoms with Gasteiger partial charge in [0, 0.05) is 43.0 Å². The molecule has 32 heavy (non-hydrogen) atoms. The van der Waals surface area contributed by atoms with Crippen LogP contribution in [0.3, 0.4) is 0 Å². The summed E-state index contributed by atoms with van der Waals surface area (Å²) in [6.45, 7) is 6.62. The first-order valence-electron chi connectivity index (χ1n) is 10.6. The second kappa shape index (κ2) is 10.0. The van der Waals surface area contributed by atoms with E-state index in [9.17, 15) is 9.59 Å². The number of nitrogens with zero attached hydrogens (tertiary/aromatic N) is 2. The zero-order valence-electron chi connectivity index (χ0n) is 18.9. The topological polar surface area (TPSA) is 76.0 Å². The van der Waals surface area contributed by atoms with Crippen LogP contribution in [0.15, 0.2) is 60.9 Å². The van der Waals surface area contributed by atoms with Crippen LogP contribution in [-0.2, 0) is 17.3 Å². The minimum absolute atomic E-state index is 0.0287. The summed E-state index contributed by atoms with van der Waals surface area (Å²) < 4.78 is 1.86. The number of halogens is 1. The highest BCUT2D eigenvalue weighted by Gasteiger charge is 2.21. The average molecular weight is 453 g/mol. The SMILES string of the molecule is Cn1ccnc1C(NC(=O)CCNC(=O)c1ccc(C(C)(C)C)cc1)c1ccc(Cl)cc1. The van der Waals surface area contributed by atoms with E-state index in [1.165, 1.54) is 0 Å². The molecule has 1 atom stereocenters. The fourth-order valence-electron chi connectivity index (χ4n) is 3.35. The van der Waals surface area contributed by atoms with Crippen molar-refractivity contribution in [3.05, 3.63) is 88.5 Å². The maximum absolute atomic E-state index is 12.6. The molecule has 1 heterocycles. The molecule has 0 saturated heterocycles. The smallest absolute Gasteiger partial charge is 0.251 e. The second-order valence-corrected chi connectivity index (χ2v) is 9.22. The standard InChI is InChI=1S/C25H29ClN4O2/c1-25(2,3)19-9-5-18(6-10-19)24(32)28-14-13-21(31)29-22(23-27-15-16-30(23)4)17-7-11-20(26)12-8-17/h5-12,15-16,22H,13-14H2,1-4H3,(H,28,32)(H,29,31). The van der Waals surface area contributed by atoms with Crippen LogP contribution in [0.2, 0.25) is 5.02 Å². The molecule has 0 aliphatic carbocycles. The van der Waals surface area contributed by atoms with Gasteiger partial charge in [-0.1, -0.05) is 56.6 Å². The maximum Gasteiger partial charge on any atom is 0.251 e. The zero-order valence-corrected chi connectivity index (χ0v) is 19.6. The first kappa shape index (κ1) is 23.5. The third kappa shape index (κ3) is 5.98. The van der Waals surface area contributed by atoms with Crippen molar-refractivity contribution >= 4 is 23.4 Å². The lowest BCUT2D eigenvalue weighted by molar-refractivity contribution is -0.121. The molecule has 2 aromatic carbocycles. The summed E-state index contributed by atoms with van der Waals surface area (Å²) >= 11 is 6.01. The third-order valence-electron chi connectivity index (χ3n) is 5.28. The number of hydrogen-bond donors (Lipinski definition) is 2. The molecule has 0 aliphatic heterocycles. The predicted molar refractivity (Wildman–Crippen MR) is 127 cm³/mol. The van der Waals surface area contributed by atoms with Crippen LogP contribution < -0.4 is 10.6 Å². The average Bonchev–Trinajstić information content (AvgIpc) is 3.17. The quantitative estimate of drug-likeness (QED) is 0.558. The Hall–Kier alpha value is -3.12. The van der Waals surface area contributed by atoms with Gasteiger partial charge in [-0.2, -0.15) is 0 Å². The van der Waals surface area contributed by atoms with Crippen molar-refractivity contribution in [1.29, 1.82) is 0 Å². The number of imidazole rings is 1. The normalized spacial score (nSPS) is 12.3. The molecule has 0 spiro atoms. The summed E-state index contributed by atoms with van der Waals surface area (Å²) in [4.78, 5) is 29.5. The molecule has 0 bridgehead atoms. The van der Waals surface area contributed by atoms with Crippen molar-refractivity contribution in [3.63, 3.8) is 0 Å². The lowest BCUT2D eigenvalue weighted by atomic mass is 9.87. The first-order chi connectivity index (χ1) is 15.1. The predicted octanol–water partition coefficient (Wildman–Crippen LogP) is 4.40. The van der Waals surface area contributed by atoms with Crippen LogP contribution in [0, 0.1) is 0 Å². The molecule has 6 nitrogen and oxygen atoms in total. The molecule has 168 valence electrons. The molecule has 1 unspecified atom stereocenters. The van der Waals surface area contributed by atoms with Crippen LogP contribution in [0.4, 0.5) is 0 Å². The highest BCUT2D eigenvalue weighted by Crippen LogP contribution is 2.23. The van der Waals surface area contributed by atoms with E-state index < -0.39 is 6.04 Å². The van der Waals surface area contributed by atoms with Crippen LogP contribution in [0.25, 0.3) is 0 Å². The fourth-order valence-corrected chi connectivity index (χ4v) is 3.48. The molecular formula is C25H29ClN4O2. The number of carbonyl (C=O) groups is 2. The van der Waals surface area contributed by atoms with Crippen molar-refractivity contribution in [1.82, 2.24) is 20.2 Å². The molecule has 0 aliphatic rings. The Morgan fingerprint density at radius 2 is 1.72 bits per heavy atom. The summed E-state index contributed by atoms with van der Waals surface area (Å²) in [5.74, 6) is 0.330. The van der Waals surface area contributed by atoms with Gasteiger partial charge in [0.2, 0.25) is 5.91 Å². The molecule has 2 amide bonds. The Balaban J connectivity index is 1.59. The van der Waals surface area contributed by atoms with Gasteiger partial charge in [-0.25, -0.2) is 4.98 Å². The molecule has 0 radical (unpaired) electrons. The first-order valence-corrected chi connectivity index (χ1v) is 10.9. The molecule has 2 N–H and O–H groups in total. The van der Waals surface area contributed by atoms with E-state index in [4.69, 9.17) is 11.6 Å². The molecule has 7 heteroatoms. The Bertz CT molecular complexity index is 1070. The Kier molecular flexibility index (Phi) is 7.36. The van der Waals surface area contributed by atoms with Gasteiger partial charge in [0.15, 0.2) is 0 Å². The number of aryl methyl sites for hydroxylation is 1. The summed E-state index contributed by atoms with van der Waals surface area (Å²) in [5, 5.41) is 6.46. The fraction of sp³-hybridized carbons (Fsp3) is 0.320. The number of carbonyl (C=O) groups excluding carboxylic acids is 2. The Labute approximate surface area is 194 Å². The Morgan fingerprint density at radius 1 is 1.06 bits per heavy atom. The van der Waals surface area contributed by atoms with Crippen LogP contribution >= 0.6 is 11.6 Å². The van der Waals surface area contributed by atoms with Gasteiger partial charge in [0.05, 0.1) is 0 Å². The van der Waals surface area contributed by atoms with Crippen molar-refractivity contribution in [2.75, 3.05) is 6.54 Å². The van der Waals surface area contributed by atoms with Crippen molar-refractivity contribution in [2.24, 2.45) is 7.05 Å². The largest absolute Gasteiger partial charge is 0.352 e. The minimum atomic E-state index is -0.416. The molecule has 1 aromatic heterocycles. The molecule has 0 saturated carbocycles. The summed E-state index contributed by atoms with van der Waals surface area (Å²) in [7, 11) is 1.88. The van der Waals surface area contributed by atoms with E-state index in [1.807, 2.05) is 54.2 Å². The van der Waals surface area contributed by atoms with Crippen molar-refractivity contribution in [2.45, 2.75) is 38.6 Å². The number of amides is 2. The van der Waals surface area contributed by atoms with Gasteiger partial charge < -0.3 is 15.2 Å². The summed E-state index contributed by atoms with van der Waals surface area (Å²) in [6, 6.07) is 14.4. The third-order valence-corrected chi connectivity index (χ3v) is 5.53. The lowest BCUT2D eigenvalue weighted by Gasteiger charge is -2.20. The van der Waals surface area contributed by atoms with Gasteiger partial charge in [0.25, 0.3) is 5.91 Å². The van der Waals surface area contributed by atoms with Gasteiger partial charge >= 0.3 is 0 Å². The summed E-state index contributed by atoms with van der Waals surface area (Å²) in [5.41, 5.74) is 2.64. The van der Waals surface area contributed by atoms with Gasteiger partial charge in [-0.3, -0.25) is 9.59 Å². The molecular weight excluding hydrogens is 424 g/mol. The number of nitrogens with one attached hydrogen (secondary N) is 2. The number of aromatic nitrogens is 2. The molecule has 3 rings (SSSR count). The van der Waals surface area contributed by atoms with E-state index in [0.29, 0.717) is 16.4 Å². The van der Waals surface area contributed by atoms with Crippen LogP contribution in [0.1, 0.15) is 60.5 Å². The zero-order chi connectivity index (χ0) is 23.3. The maximum atomic E-state index is 12.6. The Morgan fingerprint density at radius 3 is 2.28 bits per heavy atom. The van der Waals surface area contributed by atoms with E-state index in [0.717, 1.165) is 11.1 Å². The number of rotatable bonds is 7.